The Bertz CT molecular complexity index is 858. The molecule has 0 saturated carbocycles. The SMILES string of the molecule is CC(C)(C)c1ccc(C(=O)NC(=O)COC(=O)CCSc2ccc(F)cc2)cc1. The molecule has 0 aliphatic carbocycles. The van der Waals surface area contributed by atoms with Crippen molar-refractivity contribution in [2.45, 2.75) is 37.5 Å². The summed E-state index contributed by atoms with van der Waals surface area (Å²) in [5.74, 6) is -1.66. The molecule has 5 nitrogen and oxygen atoms in total. The van der Waals surface area contributed by atoms with Gasteiger partial charge in [0, 0.05) is 16.2 Å². The number of carbonyl (C=O) groups is 3. The van der Waals surface area contributed by atoms with E-state index in [2.05, 4.69) is 26.1 Å². The summed E-state index contributed by atoms with van der Waals surface area (Å²) in [6.45, 7) is 5.68. The van der Waals surface area contributed by atoms with Gasteiger partial charge in [0.25, 0.3) is 11.8 Å². The Labute approximate surface area is 174 Å². The smallest absolute Gasteiger partial charge is 0.307 e. The van der Waals surface area contributed by atoms with Crippen LogP contribution in [0.15, 0.2) is 53.4 Å². The lowest BCUT2D eigenvalue weighted by Crippen LogP contribution is -2.34. The summed E-state index contributed by atoms with van der Waals surface area (Å²) in [4.78, 5) is 36.5. The van der Waals surface area contributed by atoms with E-state index in [1.54, 1.807) is 24.3 Å². The van der Waals surface area contributed by atoms with Gasteiger partial charge in [-0.1, -0.05) is 32.9 Å². The Kier molecular flexibility index (Phi) is 7.96. The molecule has 0 atom stereocenters. The van der Waals surface area contributed by atoms with Gasteiger partial charge in [0.15, 0.2) is 6.61 Å². The van der Waals surface area contributed by atoms with E-state index in [1.807, 2.05) is 12.1 Å². The fourth-order valence-corrected chi connectivity index (χ4v) is 3.19. The van der Waals surface area contributed by atoms with Crippen molar-refractivity contribution in [3.05, 3.63) is 65.5 Å². The van der Waals surface area contributed by atoms with E-state index in [0.717, 1.165) is 10.5 Å². The number of ether oxygens (including phenoxy) is 1. The summed E-state index contributed by atoms with van der Waals surface area (Å²) >= 11 is 1.38. The van der Waals surface area contributed by atoms with Crippen molar-refractivity contribution >= 4 is 29.5 Å². The Hall–Kier alpha value is -2.67. The number of benzene rings is 2. The monoisotopic (exact) mass is 417 g/mol. The number of amides is 2. The summed E-state index contributed by atoms with van der Waals surface area (Å²) < 4.78 is 17.7. The molecule has 0 aliphatic rings. The molecule has 0 unspecified atom stereocenters. The number of imide groups is 1. The third-order valence-electron chi connectivity index (χ3n) is 4.02. The average molecular weight is 418 g/mol. The van der Waals surface area contributed by atoms with Crippen LogP contribution in [-0.4, -0.2) is 30.1 Å². The van der Waals surface area contributed by atoms with Crippen LogP contribution in [-0.2, 0) is 19.7 Å². The van der Waals surface area contributed by atoms with Gasteiger partial charge in [0.2, 0.25) is 0 Å². The predicted molar refractivity (Wildman–Crippen MR) is 110 cm³/mol. The van der Waals surface area contributed by atoms with E-state index in [9.17, 15) is 18.8 Å². The second kappa shape index (κ2) is 10.2. The molecule has 2 aromatic rings. The van der Waals surface area contributed by atoms with Gasteiger partial charge in [-0.2, -0.15) is 0 Å². The highest BCUT2D eigenvalue weighted by molar-refractivity contribution is 7.99. The predicted octanol–water partition coefficient (Wildman–Crippen LogP) is 4.11. The normalized spacial score (nSPS) is 11.0. The number of hydrogen-bond donors (Lipinski definition) is 1. The molecular formula is C22H24FNO4S. The molecule has 0 fully saturated rings. The van der Waals surface area contributed by atoms with Crippen LogP contribution in [0.25, 0.3) is 0 Å². The van der Waals surface area contributed by atoms with Gasteiger partial charge in [-0.25, -0.2) is 4.39 Å². The van der Waals surface area contributed by atoms with Crippen LogP contribution in [0.3, 0.4) is 0 Å². The van der Waals surface area contributed by atoms with Crippen molar-refractivity contribution in [3.63, 3.8) is 0 Å². The Morgan fingerprint density at radius 1 is 1.00 bits per heavy atom. The second-order valence-corrected chi connectivity index (χ2v) is 8.59. The van der Waals surface area contributed by atoms with Crippen molar-refractivity contribution in [1.82, 2.24) is 5.32 Å². The van der Waals surface area contributed by atoms with Crippen LogP contribution in [0, 0.1) is 5.82 Å². The minimum atomic E-state index is -0.686. The molecule has 0 spiro atoms. The van der Waals surface area contributed by atoms with Crippen molar-refractivity contribution in [2.75, 3.05) is 12.4 Å². The summed E-state index contributed by atoms with van der Waals surface area (Å²) in [6.07, 6.45) is 0.0948. The van der Waals surface area contributed by atoms with Crippen LogP contribution in [0.5, 0.6) is 0 Å². The van der Waals surface area contributed by atoms with E-state index >= 15 is 0 Å². The zero-order valence-electron chi connectivity index (χ0n) is 16.7. The first kappa shape index (κ1) is 22.6. The van der Waals surface area contributed by atoms with E-state index in [4.69, 9.17) is 4.74 Å². The zero-order chi connectivity index (χ0) is 21.4. The maximum Gasteiger partial charge on any atom is 0.307 e. The van der Waals surface area contributed by atoms with Crippen molar-refractivity contribution < 1.29 is 23.5 Å². The number of carbonyl (C=O) groups excluding carboxylic acids is 3. The van der Waals surface area contributed by atoms with Gasteiger partial charge in [-0.15, -0.1) is 11.8 Å². The molecule has 2 rings (SSSR count). The molecule has 2 amide bonds. The average Bonchev–Trinajstić information content (AvgIpc) is 2.67. The standard InChI is InChI=1S/C22H24FNO4S/c1-22(2,3)16-6-4-15(5-7-16)21(27)24-19(25)14-28-20(26)12-13-29-18-10-8-17(23)9-11-18/h4-11H,12-14H2,1-3H3,(H,24,25,27). The van der Waals surface area contributed by atoms with E-state index in [0.29, 0.717) is 11.3 Å². The Morgan fingerprint density at radius 2 is 1.62 bits per heavy atom. The highest BCUT2D eigenvalue weighted by atomic mass is 32.2. The van der Waals surface area contributed by atoms with E-state index in [1.165, 1.54) is 23.9 Å². The molecule has 29 heavy (non-hydrogen) atoms. The lowest BCUT2D eigenvalue weighted by Gasteiger charge is -2.18. The first-order chi connectivity index (χ1) is 13.6. The topological polar surface area (TPSA) is 72.5 Å². The molecule has 0 heterocycles. The maximum atomic E-state index is 12.8. The van der Waals surface area contributed by atoms with Gasteiger partial charge in [-0.05, 0) is 47.4 Å². The summed E-state index contributed by atoms with van der Waals surface area (Å²) in [6, 6.07) is 12.9. The number of esters is 1. The van der Waals surface area contributed by atoms with Gasteiger partial charge in [0.1, 0.15) is 5.82 Å². The van der Waals surface area contributed by atoms with Crippen LogP contribution < -0.4 is 5.32 Å². The molecule has 0 saturated heterocycles. The molecule has 0 bridgehead atoms. The quantitative estimate of drug-likeness (QED) is 0.542. The summed E-state index contributed by atoms with van der Waals surface area (Å²) in [5.41, 5.74) is 1.40. The van der Waals surface area contributed by atoms with Crippen LogP contribution in [0.2, 0.25) is 0 Å². The fraction of sp³-hybridized carbons (Fsp3) is 0.318. The number of thioether (sulfide) groups is 1. The number of rotatable bonds is 7. The fourth-order valence-electron chi connectivity index (χ4n) is 2.36. The molecule has 2 aromatic carbocycles. The van der Waals surface area contributed by atoms with Gasteiger partial charge < -0.3 is 4.74 Å². The van der Waals surface area contributed by atoms with Crippen molar-refractivity contribution in [3.8, 4) is 0 Å². The Balaban J connectivity index is 1.70. The minimum absolute atomic E-state index is 0.0337. The first-order valence-electron chi connectivity index (χ1n) is 9.14. The zero-order valence-corrected chi connectivity index (χ0v) is 17.5. The van der Waals surface area contributed by atoms with E-state index in [-0.39, 0.29) is 17.7 Å². The Morgan fingerprint density at radius 3 is 2.21 bits per heavy atom. The van der Waals surface area contributed by atoms with Crippen LogP contribution >= 0.6 is 11.8 Å². The molecule has 0 aromatic heterocycles. The molecule has 1 N–H and O–H groups in total. The maximum absolute atomic E-state index is 12.8. The third kappa shape index (κ3) is 7.69. The minimum Gasteiger partial charge on any atom is -0.456 e. The first-order valence-corrected chi connectivity index (χ1v) is 10.1. The van der Waals surface area contributed by atoms with Gasteiger partial charge >= 0.3 is 5.97 Å². The third-order valence-corrected chi connectivity index (χ3v) is 5.03. The largest absolute Gasteiger partial charge is 0.456 e. The highest BCUT2D eigenvalue weighted by Crippen LogP contribution is 2.22. The number of halogens is 1. The van der Waals surface area contributed by atoms with Crippen molar-refractivity contribution in [2.24, 2.45) is 0 Å². The molecule has 0 radical (unpaired) electrons. The number of hydrogen-bond acceptors (Lipinski definition) is 5. The lowest BCUT2D eigenvalue weighted by atomic mass is 9.87. The summed E-state index contributed by atoms with van der Waals surface area (Å²) in [7, 11) is 0. The van der Waals surface area contributed by atoms with Gasteiger partial charge in [-0.3, -0.25) is 19.7 Å². The molecule has 154 valence electrons. The lowest BCUT2D eigenvalue weighted by molar-refractivity contribution is -0.147. The van der Waals surface area contributed by atoms with Gasteiger partial charge in [0.05, 0.1) is 6.42 Å². The number of nitrogens with one attached hydrogen (secondary N) is 1. The summed E-state index contributed by atoms with van der Waals surface area (Å²) in [5, 5.41) is 2.20. The van der Waals surface area contributed by atoms with Crippen LogP contribution in [0.4, 0.5) is 4.39 Å². The molecular weight excluding hydrogens is 393 g/mol. The molecule has 7 heteroatoms. The molecule has 0 aliphatic heterocycles. The second-order valence-electron chi connectivity index (χ2n) is 7.42. The highest BCUT2D eigenvalue weighted by Gasteiger charge is 2.16. The van der Waals surface area contributed by atoms with Crippen molar-refractivity contribution in [1.29, 1.82) is 0 Å². The van der Waals surface area contributed by atoms with E-state index < -0.39 is 24.4 Å². The van der Waals surface area contributed by atoms with Crippen LogP contribution in [0.1, 0.15) is 43.1 Å².